The zero-order valence-electron chi connectivity index (χ0n) is 24.3. The van der Waals surface area contributed by atoms with Crippen LogP contribution in [-0.4, -0.2) is 54.8 Å². The molecule has 0 aliphatic rings. The number of methoxy groups -OCH3 is 1. The molecule has 39 heavy (non-hydrogen) atoms. The summed E-state index contributed by atoms with van der Waals surface area (Å²) in [4.78, 5) is 38.9. The number of amides is 2. The van der Waals surface area contributed by atoms with Gasteiger partial charge in [0.25, 0.3) is 0 Å². The van der Waals surface area contributed by atoms with Crippen LogP contribution in [0.15, 0.2) is 60.7 Å². The number of esters is 1. The number of rotatable bonds is 13. The van der Waals surface area contributed by atoms with Gasteiger partial charge >= 0.3 is 12.1 Å². The van der Waals surface area contributed by atoms with E-state index in [9.17, 15) is 14.4 Å². The van der Waals surface area contributed by atoms with Crippen molar-refractivity contribution in [1.29, 1.82) is 0 Å². The maximum atomic E-state index is 13.6. The van der Waals surface area contributed by atoms with Gasteiger partial charge in [-0.15, -0.1) is 0 Å². The van der Waals surface area contributed by atoms with Crippen LogP contribution in [0.3, 0.4) is 0 Å². The van der Waals surface area contributed by atoms with E-state index in [1.807, 2.05) is 102 Å². The van der Waals surface area contributed by atoms with Crippen LogP contribution in [0.2, 0.25) is 0 Å². The van der Waals surface area contributed by atoms with Crippen LogP contribution >= 0.6 is 0 Å². The van der Waals surface area contributed by atoms with Crippen LogP contribution in [0.25, 0.3) is 0 Å². The number of hydrogen-bond donors (Lipinski definition) is 3. The van der Waals surface area contributed by atoms with Gasteiger partial charge in [-0.05, 0) is 50.7 Å². The first-order chi connectivity index (χ1) is 18.4. The van der Waals surface area contributed by atoms with Crippen molar-refractivity contribution < 1.29 is 23.9 Å². The molecule has 0 spiro atoms. The monoisotopic (exact) mass is 539 g/mol. The molecular weight excluding hydrogens is 494 g/mol. The summed E-state index contributed by atoms with van der Waals surface area (Å²) >= 11 is 0. The van der Waals surface area contributed by atoms with Crippen LogP contribution in [0.4, 0.5) is 4.79 Å². The quantitative estimate of drug-likeness (QED) is 0.326. The van der Waals surface area contributed by atoms with Crippen molar-refractivity contribution in [1.82, 2.24) is 16.0 Å². The lowest BCUT2D eigenvalue weighted by Gasteiger charge is -2.34. The van der Waals surface area contributed by atoms with E-state index in [1.54, 1.807) is 0 Å². The fourth-order valence-corrected chi connectivity index (χ4v) is 4.39. The standard InChI is InChI=1S/C31H45N3O5/c1-8-24(25(19-22-15-11-9-12-16-22)34-30(37)39-31(4,5)6)32-27(21(2)3)28(35)33-26(29(36)38-7)20-23-17-13-10-14-18-23/h9-18,21,24-27,32H,8,19-20H2,1-7H3,(H,33,35)(H,34,37)/t24-,25-,26-,27-/m0/s1. The van der Waals surface area contributed by atoms with Crippen LogP contribution < -0.4 is 16.0 Å². The van der Waals surface area contributed by atoms with Gasteiger partial charge in [0, 0.05) is 12.5 Å². The Labute approximate surface area is 233 Å². The predicted octanol–water partition coefficient (Wildman–Crippen LogP) is 4.42. The molecule has 8 nitrogen and oxygen atoms in total. The molecule has 0 heterocycles. The number of benzene rings is 2. The molecule has 0 unspecified atom stereocenters. The molecular formula is C31H45N3O5. The third-order valence-corrected chi connectivity index (χ3v) is 6.35. The Hall–Kier alpha value is -3.39. The van der Waals surface area contributed by atoms with Gasteiger partial charge in [0.1, 0.15) is 11.6 Å². The fraction of sp³-hybridized carbons (Fsp3) is 0.516. The van der Waals surface area contributed by atoms with Gasteiger partial charge in [-0.25, -0.2) is 9.59 Å². The first-order valence-corrected chi connectivity index (χ1v) is 13.6. The normalized spacial score (nSPS) is 14.6. The topological polar surface area (TPSA) is 106 Å². The van der Waals surface area contributed by atoms with E-state index in [2.05, 4.69) is 16.0 Å². The van der Waals surface area contributed by atoms with Crippen LogP contribution in [-0.2, 0) is 31.9 Å². The molecule has 0 bridgehead atoms. The summed E-state index contributed by atoms with van der Waals surface area (Å²) in [7, 11) is 1.31. The number of ether oxygens (including phenoxy) is 2. The SMILES string of the molecule is CC[C@H](N[C@H](C(=O)N[C@@H](Cc1ccccc1)C(=O)OC)C(C)C)[C@H](Cc1ccccc1)NC(=O)OC(C)(C)C. The van der Waals surface area contributed by atoms with Gasteiger partial charge in [0.2, 0.25) is 5.91 Å². The molecule has 2 aromatic carbocycles. The Kier molecular flexibility index (Phi) is 12.5. The first kappa shape index (κ1) is 31.8. The molecule has 214 valence electrons. The largest absolute Gasteiger partial charge is 0.467 e. The van der Waals surface area contributed by atoms with Gasteiger partial charge < -0.3 is 25.4 Å². The summed E-state index contributed by atoms with van der Waals surface area (Å²) in [5, 5.41) is 9.41. The minimum Gasteiger partial charge on any atom is -0.467 e. The van der Waals surface area contributed by atoms with Crippen LogP contribution in [0.5, 0.6) is 0 Å². The number of nitrogens with one attached hydrogen (secondary N) is 3. The molecule has 0 radical (unpaired) electrons. The summed E-state index contributed by atoms with van der Waals surface area (Å²) in [5.74, 6) is -0.895. The van der Waals surface area contributed by atoms with Crippen molar-refractivity contribution in [2.45, 2.75) is 90.6 Å². The summed E-state index contributed by atoms with van der Waals surface area (Å²) in [6, 6.07) is 17.3. The van der Waals surface area contributed by atoms with Gasteiger partial charge in [-0.1, -0.05) is 81.4 Å². The second kappa shape index (κ2) is 15.3. The average Bonchev–Trinajstić information content (AvgIpc) is 2.88. The van der Waals surface area contributed by atoms with Gasteiger partial charge in [-0.2, -0.15) is 0 Å². The third-order valence-electron chi connectivity index (χ3n) is 6.35. The highest BCUT2D eigenvalue weighted by Gasteiger charge is 2.33. The number of carbonyl (C=O) groups is 3. The summed E-state index contributed by atoms with van der Waals surface area (Å²) in [5.41, 5.74) is 1.33. The van der Waals surface area contributed by atoms with E-state index in [0.29, 0.717) is 19.3 Å². The lowest BCUT2D eigenvalue weighted by atomic mass is 9.94. The van der Waals surface area contributed by atoms with Gasteiger partial charge in [0.15, 0.2) is 0 Å². The zero-order chi connectivity index (χ0) is 29.0. The zero-order valence-corrected chi connectivity index (χ0v) is 24.3. The number of hydrogen-bond acceptors (Lipinski definition) is 6. The van der Waals surface area contributed by atoms with Crippen molar-refractivity contribution in [3.8, 4) is 0 Å². The molecule has 4 atom stereocenters. The van der Waals surface area contributed by atoms with Crippen LogP contribution in [0, 0.1) is 5.92 Å². The molecule has 0 fully saturated rings. The molecule has 2 aromatic rings. The smallest absolute Gasteiger partial charge is 0.407 e. The Morgan fingerprint density at radius 3 is 1.82 bits per heavy atom. The molecule has 0 aliphatic heterocycles. The molecule has 0 aromatic heterocycles. The van der Waals surface area contributed by atoms with Crippen molar-refractivity contribution in [2.75, 3.05) is 7.11 Å². The molecule has 2 amide bonds. The minimum absolute atomic E-state index is 0.0898. The van der Waals surface area contributed by atoms with E-state index in [-0.39, 0.29) is 23.9 Å². The summed E-state index contributed by atoms with van der Waals surface area (Å²) in [6.07, 6.45) is 1.01. The molecule has 2 rings (SSSR count). The summed E-state index contributed by atoms with van der Waals surface area (Å²) < 4.78 is 10.5. The van der Waals surface area contributed by atoms with Crippen molar-refractivity contribution >= 4 is 18.0 Å². The third kappa shape index (κ3) is 11.1. The van der Waals surface area contributed by atoms with Gasteiger partial charge in [-0.3, -0.25) is 4.79 Å². The summed E-state index contributed by atoms with van der Waals surface area (Å²) in [6.45, 7) is 11.4. The first-order valence-electron chi connectivity index (χ1n) is 13.6. The average molecular weight is 540 g/mol. The maximum Gasteiger partial charge on any atom is 0.407 e. The molecule has 3 N–H and O–H groups in total. The lowest BCUT2D eigenvalue weighted by Crippen LogP contribution is -2.60. The molecule has 0 saturated carbocycles. The van der Waals surface area contributed by atoms with Crippen molar-refractivity contribution in [2.24, 2.45) is 5.92 Å². The Bertz CT molecular complexity index is 1040. The molecule has 0 aliphatic carbocycles. The van der Waals surface area contributed by atoms with Crippen molar-refractivity contribution in [3.05, 3.63) is 71.8 Å². The second-order valence-electron chi connectivity index (χ2n) is 11.1. The highest BCUT2D eigenvalue weighted by atomic mass is 16.6. The van der Waals surface area contributed by atoms with E-state index in [1.165, 1.54) is 7.11 Å². The highest BCUT2D eigenvalue weighted by molar-refractivity contribution is 5.88. The second-order valence-corrected chi connectivity index (χ2v) is 11.1. The Morgan fingerprint density at radius 2 is 1.36 bits per heavy atom. The maximum absolute atomic E-state index is 13.6. The Balaban J connectivity index is 2.25. The van der Waals surface area contributed by atoms with Gasteiger partial charge in [0.05, 0.1) is 19.2 Å². The Morgan fingerprint density at radius 1 is 0.821 bits per heavy atom. The predicted molar refractivity (Wildman–Crippen MR) is 153 cm³/mol. The van der Waals surface area contributed by atoms with Crippen LogP contribution in [0.1, 0.15) is 59.1 Å². The van der Waals surface area contributed by atoms with E-state index < -0.39 is 29.7 Å². The van der Waals surface area contributed by atoms with E-state index >= 15 is 0 Å². The fourth-order valence-electron chi connectivity index (χ4n) is 4.39. The van der Waals surface area contributed by atoms with Crippen molar-refractivity contribution in [3.63, 3.8) is 0 Å². The molecule has 0 saturated heterocycles. The molecule has 8 heteroatoms. The minimum atomic E-state index is -0.826. The highest BCUT2D eigenvalue weighted by Crippen LogP contribution is 2.15. The van der Waals surface area contributed by atoms with E-state index in [0.717, 1.165) is 11.1 Å². The number of alkyl carbamates (subject to hydrolysis) is 1. The van der Waals surface area contributed by atoms with E-state index in [4.69, 9.17) is 9.47 Å². The number of carbonyl (C=O) groups excluding carboxylic acids is 3. The lowest BCUT2D eigenvalue weighted by molar-refractivity contribution is -0.145.